The van der Waals surface area contributed by atoms with Crippen LogP contribution in [0.2, 0.25) is 0 Å². The van der Waals surface area contributed by atoms with Crippen LogP contribution >= 0.6 is 15.9 Å². The molecule has 0 bridgehead atoms. The predicted octanol–water partition coefficient (Wildman–Crippen LogP) is 1.80. The van der Waals surface area contributed by atoms with Gasteiger partial charge < -0.3 is 15.2 Å². The van der Waals surface area contributed by atoms with Crippen LogP contribution in [0.3, 0.4) is 0 Å². The smallest absolute Gasteiger partial charge is 0.324 e. The molecular formula is C12H12BrNO4. The number of aryl methyl sites for hydroxylation is 1. The molecular weight excluding hydrogens is 302 g/mol. The zero-order valence-corrected chi connectivity index (χ0v) is 11.3. The van der Waals surface area contributed by atoms with Crippen molar-refractivity contribution in [2.24, 2.45) is 5.41 Å². The lowest BCUT2D eigenvalue weighted by Crippen LogP contribution is -2.57. The number of halogens is 1. The van der Waals surface area contributed by atoms with Crippen molar-refractivity contribution in [2.75, 3.05) is 18.5 Å². The summed E-state index contributed by atoms with van der Waals surface area (Å²) in [6.07, 6.45) is 0. The zero-order chi connectivity index (χ0) is 13.3. The molecule has 1 aromatic rings. The molecule has 6 heteroatoms. The summed E-state index contributed by atoms with van der Waals surface area (Å²) in [6, 6.07) is 5.29. The number of amides is 1. The molecule has 5 nitrogen and oxygen atoms in total. The normalized spacial score (nSPS) is 16.8. The molecule has 0 unspecified atom stereocenters. The third-order valence-corrected chi connectivity index (χ3v) is 3.85. The maximum atomic E-state index is 12.0. The maximum Gasteiger partial charge on any atom is 0.324 e. The van der Waals surface area contributed by atoms with E-state index in [1.54, 1.807) is 18.2 Å². The quantitative estimate of drug-likeness (QED) is 0.834. The Kier molecular flexibility index (Phi) is 3.41. The molecule has 0 saturated carbocycles. The molecule has 1 saturated heterocycles. The second kappa shape index (κ2) is 4.70. The average molecular weight is 314 g/mol. The van der Waals surface area contributed by atoms with E-state index in [4.69, 9.17) is 9.84 Å². The van der Waals surface area contributed by atoms with E-state index >= 15 is 0 Å². The summed E-state index contributed by atoms with van der Waals surface area (Å²) in [5.74, 6) is -1.69. The summed E-state index contributed by atoms with van der Waals surface area (Å²) in [5.41, 5.74) is 0.0938. The van der Waals surface area contributed by atoms with E-state index in [1.165, 1.54) is 0 Å². The third kappa shape index (κ3) is 2.13. The summed E-state index contributed by atoms with van der Waals surface area (Å²) >= 11 is 3.36. The molecule has 0 atom stereocenters. The van der Waals surface area contributed by atoms with Crippen molar-refractivity contribution in [1.82, 2.24) is 0 Å². The van der Waals surface area contributed by atoms with Gasteiger partial charge in [-0.05, 0) is 30.7 Å². The highest BCUT2D eigenvalue weighted by molar-refractivity contribution is 9.10. The van der Waals surface area contributed by atoms with E-state index in [-0.39, 0.29) is 13.2 Å². The van der Waals surface area contributed by atoms with E-state index in [0.29, 0.717) is 5.69 Å². The minimum absolute atomic E-state index is 0.0797. The second-order valence-electron chi connectivity index (χ2n) is 4.30. The van der Waals surface area contributed by atoms with Crippen molar-refractivity contribution < 1.29 is 19.4 Å². The summed E-state index contributed by atoms with van der Waals surface area (Å²) in [6.45, 7) is 1.73. The SMILES string of the molecule is Cc1cc(NC(=O)C2(C(=O)O)COC2)ccc1Br. The molecule has 0 spiro atoms. The molecule has 2 rings (SSSR count). The number of carbonyl (C=O) groups excluding carboxylic acids is 1. The van der Waals surface area contributed by atoms with Crippen LogP contribution in [0.25, 0.3) is 0 Å². The van der Waals surface area contributed by atoms with Crippen LogP contribution in [-0.2, 0) is 14.3 Å². The number of rotatable bonds is 3. The summed E-state index contributed by atoms with van der Waals surface area (Å²) in [4.78, 5) is 23.1. The number of benzene rings is 1. The highest BCUT2D eigenvalue weighted by Crippen LogP contribution is 2.30. The highest BCUT2D eigenvalue weighted by Gasteiger charge is 2.53. The molecule has 0 radical (unpaired) electrons. The van der Waals surface area contributed by atoms with Gasteiger partial charge in [0.2, 0.25) is 5.91 Å². The Balaban J connectivity index is 2.16. The van der Waals surface area contributed by atoms with Gasteiger partial charge in [0, 0.05) is 10.2 Å². The van der Waals surface area contributed by atoms with Crippen molar-refractivity contribution in [1.29, 1.82) is 0 Å². The standard InChI is InChI=1S/C12H12BrNO4/c1-7-4-8(2-3-9(7)13)14-10(15)12(11(16)17)5-18-6-12/h2-4H,5-6H2,1H3,(H,14,15)(H,16,17). The first-order chi connectivity index (χ1) is 8.45. The minimum atomic E-state index is -1.44. The van der Waals surface area contributed by atoms with Crippen LogP contribution in [0.5, 0.6) is 0 Å². The van der Waals surface area contributed by atoms with Gasteiger partial charge in [0.15, 0.2) is 5.41 Å². The Morgan fingerprint density at radius 3 is 2.56 bits per heavy atom. The Hall–Kier alpha value is -1.40. The summed E-state index contributed by atoms with van der Waals surface area (Å²) < 4.78 is 5.78. The number of anilines is 1. The van der Waals surface area contributed by atoms with E-state index in [2.05, 4.69) is 21.2 Å². The topological polar surface area (TPSA) is 75.6 Å². The molecule has 1 aliphatic rings. The zero-order valence-electron chi connectivity index (χ0n) is 9.70. The lowest BCUT2D eigenvalue weighted by atomic mass is 9.85. The Bertz CT molecular complexity index is 511. The number of nitrogens with one attached hydrogen (secondary N) is 1. The highest BCUT2D eigenvalue weighted by atomic mass is 79.9. The van der Waals surface area contributed by atoms with Gasteiger partial charge in [-0.2, -0.15) is 0 Å². The number of hydrogen-bond donors (Lipinski definition) is 2. The second-order valence-corrected chi connectivity index (χ2v) is 5.15. The van der Waals surface area contributed by atoms with Crippen LogP contribution in [0.4, 0.5) is 5.69 Å². The summed E-state index contributed by atoms with van der Waals surface area (Å²) in [7, 11) is 0. The molecule has 0 aliphatic carbocycles. The number of carbonyl (C=O) groups is 2. The lowest BCUT2D eigenvalue weighted by Gasteiger charge is -2.35. The Morgan fingerprint density at radius 2 is 2.11 bits per heavy atom. The number of ether oxygens (including phenoxy) is 1. The van der Waals surface area contributed by atoms with Gasteiger partial charge in [0.1, 0.15) is 0 Å². The number of aliphatic carboxylic acids is 1. The fraction of sp³-hybridized carbons (Fsp3) is 0.333. The van der Waals surface area contributed by atoms with Crippen LogP contribution in [0.1, 0.15) is 5.56 Å². The molecule has 0 aromatic heterocycles. The van der Waals surface area contributed by atoms with Gasteiger partial charge >= 0.3 is 5.97 Å². The Morgan fingerprint density at radius 1 is 1.44 bits per heavy atom. The molecule has 96 valence electrons. The van der Waals surface area contributed by atoms with Gasteiger partial charge in [0.05, 0.1) is 13.2 Å². The number of hydrogen-bond acceptors (Lipinski definition) is 3. The first-order valence-electron chi connectivity index (χ1n) is 5.34. The van der Waals surface area contributed by atoms with Gasteiger partial charge in [-0.1, -0.05) is 15.9 Å². The predicted molar refractivity (Wildman–Crippen MR) is 68.4 cm³/mol. The van der Waals surface area contributed by atoms with E-state index in [9.17, 15) is 9.59 Å². The van der Waals surface area contributed by atoms with Crippen LogP contribution < -0.4 is 5.32 Å². The number of carboxylic acids is 1. The van der Waals surface area contributed by atoms with E-state index in [0.717, 1.165) is 10.0 Å². The van der Waals surface area contributed by atoms with Crippen LogP contribution in [-0.4, -0.2) is 30.2 Å². The van der Waals surface area contributed by atoms with Crippen molar-refractivity contribution in [3.05, 3.63) is 28.2 Å². The fourth-order valence-electron chi connectivity index (χ4n) is 1.63. The molecule has 1 amide bonds. The lowest BCUT2D eigenvalue weighted by molar-refractivity contribution is -0.182. The van der Waals surface area contributed by atoms with Gasteiger partial charge in [-0.15, -0.1) is 0 Å². The van der Waals surface area contributed by atoms with Crippen molar-refractivity contribution in [2.45, 2.75) is 6.92 Å². The molecule has 1 fully saturated rings. The van der Waals surface area contributed by atoms with Crippen LogP contribution in [0, 0.1) is 12.3 Å². The largest absolute Gasteiger partial charge is 0.480 e. The minimum Gasteiger partial charge on any atom is -0.480 e. The van der Waals surface area contributed by atoms with Gasteiger partial charge in [-0.25, -0.2) is 0 Å². The summed E-state index contributed by atoms with van der Waals surface area (Å²) in [5, 5.41) is 11.7. The van der Waals surface area contributed by atoms with Gasteiger partial charge in [-0.3, -0.25) is 9.59 Å². The molecule has 1 heterocycles. The Labute approximate surface area is 112 Å². The van der Waals surface area contributed by atoms with E-state index in [1.807, 2.05) is 6.92 Å². The first kappa shape index (κ1) is 13.0. The van der Waals surface area contributed by atoms with Crippen molar-refractivity contribution in [3.8, 4) is 0 Å². The monoisotopic (exact) mass is 313 g/mol. The fourth-order valence-corrected chi connectivity index (χ4v) is 1.88. The molecule has 2 N–H and O–H groups in total. The molecule has 18 heavy (non-hydrogen) atoms. The number of carboxylic acid groups (broad SMARTS) is 1. The molecule has 1 aromatic carbocycles. The van der Waals surface area contributed by atoms with E-state index < -0.39 is 17.3 Å². The van der Waals surface area contributed by atoms with Crippen LogP contribution in [0.15, 0.2) is 22.7 Å². The third-order valence-electron chi connectivity index (χ3n) is 2.96. The average Bonchev–Trinajstić information content (AvgIpc) is 2.21. The first-order valence-corrected chi connectivity index (χ1v) is 6.14. The van der Waals surface area contributed by atoms with Gasteiger partial charge in [0.25, 0.3) is 0 Å². The molecule has 1 aliphatic heterocycles. The maximum absolute atomic E-state index is 12.0. The van der Waals surface area contributed by atoms with Crippen molar-refractivity contribution in [3.63, 3.8) is 0 Å². The van der Waals surface area contributed by atoms with Crippen molar-refractivity contribution >= 4 is 33.5 Å².